The van der Waals surface area contributed by atoms with E-state index in [1.165, 1.54) is 5.57 Å². The number of nitrogens with zero attached hydrogens (tertiary/aromatic N) is 1. The molecule has 0 saturated carbocycles. The van der Waals surface area contributed by atoms with Crippen molar-refractivity contribution >= 4 is 5.91 Å². The van der Waals surface area contributed by atoms with E-state index in [-0.39, 0.29) is 11.8 Å². The largest absolute Gasteiger partial charge is 0.369 e. The van der Waals surface area contributed by atoms with Crippen LogP contribution in [0.2, 0.25) is 0 Å². The molecule has 80 valence electrons. The van der Waals surface area contributed by atoms with Crippen LogP contribution in [0.3, 0.4) is 0 Å². The number of likely N-dealkylation sites (tertiary alicyclic amines) is 1. The summed E-state index contributed by atoms with van der Waals surface area (Å²) in [5.41, 5.74) is 6.66. The summed E-state index contributed by atoms with van der Waals surface area (Å²) in [6, 6.07) is 0. The van der Waals surface area contributed by atoms with Crippen LogP contribution in [0.4, 0.5) is 0 Å². The molecule has 0 radical (unpaired) electrons. The minimum Gasteiger partial charge on any atom is -0.369 e. The van der Waals surface area contributed by atoms with Gasteiger partial charge in [-0.05, 0) is 39.8 Å². The Bertz CT molecular complexity index is 227. The van der Waals surface area contributed by atoms with Gasteiger partial charge in [0.2, 0.25) is 5.91 Å². The molecule has 1 aliphatic heterocycles. The Morgan fingerprint density at radius 2 is 2.07 bits per heavy atom. The Hall–Kier alpha value is -0.830. The van der Waals surface area contributed by atoms with Crippen molar-refractivity contribution in [3.63, 3.8) is 0 Å². The summed E-state index contributed by atoms with van der Waals surface area (Å²) in [6.07, 6.45) is 3.98. The fourth-order valence-corrected chi connectivity index (χ4v) is 1.82. The first-order chi connectivity index (χ1) is 6.63. The van der Waals surface area contributed by atoms with Gasteiger partial charge >= 0.3 is 0 Å². The van der Waals surface area contributed by atoms with E-state index in [4.69, 9.17) is 5.73 Å². The highest BCUT2D eigenvalue weighted by molar-refractivity contribution is 5.76. The van der Waals surface area contributed by atoms with Gasteiger partial charge in [0, 0.05) is 12.5 Å². The first-order valence-corrected chi connectivity index (χ1v) is 5.27. The van der Waals surface area contributed by atoms with Crippen molar-refractivity contribution in [1.82, 2.24) is 4.90 Å². The molecule has 1 heterocycles. The molecule has 1 aliphatic rings. The molecule has 0 spiro atoms. The van der Waals surface area contributed by atoms with E-state index in [2.05, 4.69) is 24.8 Å². The minimum atomic E-state index is -0.132. The number of amides is 1. The SMILES string of the molecule is C/C=C(\C)CN1CCC(C(N)=O)CC1. The fraction of sp³-hybridized carbons (Fsp3) is 0.727. The van der Waals surface area contributed by atoms with Crippen LogP contribution >= 0.6 is 0 Å². The fourth-order valence-electron chi connectivity index (χ4n) is 1.82. The predicted molar refractivity (Wildman–Crippen MR) is 57.8 cm³/mol. The van der Waals surface area contributed by atoms with Crippen molar-refractivity contribution in [3.05, 3.63) is 11.6 Å². The van der Waals surface area contributed by atoms with Crippen molar-refractivity contribution in [2.24, 2.45) is 11.7 Å². The van der Waals surface area contributed by atoms with Crippen molar-refractivity contribution in [2.75, 3.05) is 19.6 Å². The summed E-state index contributed by atoms with van der Waals surface area (Å²) in [7, 11) is 0. The van der Waals surface area contributed by atoms with E-state index in [9.17, 15) is 4.79 Å². The zero-order valence-corrected chi connectivity index (χ0v) is 9.12. The quantitative estimate of drug-likeness (QED) is 0.688. The lowest BCUT2D eigenvalue weighted by Crippen LogP contribution is -2.39. The average Bonchev–Trinajstić information content (AvgIpc) is 2.18. The monoisotopic (exact) mass is 196 g/mol. The number of carbonyl (C=O) groups excluding carboxylic acids is 1. The summed E-state index contributed by atoms with van der Waals surface area (Å²) in [6.45, 7) is 7.23. The summed E-state index contributed by atoms with van der Waals surface area (Å²) in [4.78, 5) is 13.3. The second-order valence-corrected chi connectivity index (χ2v) is 4.09. The molecule has 1 amide bonds. The van der Waals surface area contributed by atoms with Gasteiger partial charge in [0.1, 0.15) is 0 Å². The van der Waals surface area contributed by atoms with Crippen molar-refractivity contribution in [3.8, 4) is 0 Å². The molecule has 0 bridgehead atoms. The summed E-state index contributed by atoms with van der Waals surface area (Å²) in [5, 5.41) is 0. The van der Waals surface area contributed by atoms with Gasteiger partial charge in [-0.1, -0.05) is 11.6 Å². The van der Waals surface area contributed by atoms with E-state index < -0.39 is 0 Å². The van der Waals surface area contributed by atoms with Gasteiger partial charge in [-0.3, -0.25) is 9.69 Å². The van der Waals surface area contributed by atoms with E-state index in [1.54, 1.807) is 0 Å². The highest BCUT2D eigenvalue weighted by Crippen LogP contribution is 2.17. The van der Waals surface area contributed by atoms with E-state index >= 15 is 0 Å². The highest BCUT2D eigenvalue weighted by Gasteiger charge is 2.22. The predicted octanol–water partition coefficient (Wildman–Crippen LogP) is 1.15. The van der Waals surface area contributed by atoms with Crippen LogP contribution in [0.1, 0.15) is 26.7 Å². The molecule has 0 aromatic heterocycles. The average molecular weight is 196 g/mol. The zero-order valence-electron chi connectivity index (χ0n) is 9.12. The van der Waals surface area contributed by atoms with Crippen LogP contribution in [0.25, 0.3) is 0 Å². The molecule has 1 fully saturated rings. The summed E-state index contributed by atoms with van der Waals surface area (Å²) in [5.74, 6) is -0.0235. The molecular formula is C11H20N2O. The molecular weight excluding hydrogens is 176 g/mol. The van der Waals surface area contributed by atoms with Crippen molar-refractivity contribution < 1.29 is 4.79 Å². The van der Waals surface area contributed by atoms with Gasteiger partial charge in [0.25, 0.3) is 0 Å². The normalized spacial score (nSPS) is 21.1. The Morgan fingerprint density at radius 1 is 1.50 bits per heavy atom. The summed E-state index contributed by atoms with van der Waals surface area (Å²) < 4.78 is 0. The highest BCUT2D eigenvalue weighted by atomic mass is 16.1. The van der Waals surface area contributed by atoms with Crippen LogP contribution in [-0.2, 0) is 4.79 Å². The number of primary amides is 1. The van der Waals surface area contributed by atoms with Gasteiger partial charge in [0.05, 0.1) is 0 Å². The smallest absolute Gasteiger partial charge is 0.220 e. The number of hydrogen-bond acceptors (Lipinski definition) is 2. The standard InChI is InChI=1S/C11H20N2O/c1-3-9(2)8-13-6-4-10(5-7-13)11(12)14/h3,10H,4-8H2,1-2H3,(H2,12,14)/b9-3+. The topological polar surface area (TPSA) is 46.3 Å². The lowest BCUT2D eigenvalue weighted by atomic mass is 9.96. The van der Waals surface area contributed by atoms with Crippen molar-refractivity contribution in [2.45, 2.75) is 26.7 Å². The number of allylic oxidation sites excluding steroid dienone is 1. The molecule has 1 rings (SSSR count). The van der Waals surface area contributed by atoms with Crippen LogP contribution in [0, 0.1) is 5.92 Å². The molecule has 2 N–H and O–H groups in total. The van der Waals surface area contributed by atoms with E-state index in [0.717, 1.165) is 32.5 Å². The third-order valence-electron chi connectivity index (χ3n) is 2.96. The number of piperidine rings is 1. The van der Waals surface area contributed by atoms with Crippen LogP contribution in [0.15, 0.2) is 11.6 Å². The number of hydrogen-bond donors (Lipinski definition) is 1. The minimum absolute atomic E-state index is 0.108. The molecule has 0 atom stereocenters. The van der Waals surface area contributed by atoms with Gasteiger partial charge < -0.3 is 5.73 Å². The van der Waals surface area contributed by atoms with Gasteiger partial charge in [-0.15, -0.1) is 0 Å². The second-order valence-electron chi connectivity index (χ2n) is 4.09. The lowest BCUT2D eigenvalue weighted by molar-refractivity contribution is -0.123. The molecule has 0 aromatic rings. The zero-order chi connectivity index (χ0) is 10.6. The number of nitrogens with two attached hydrogens (primary N) is 1. The third-order valence-corrected chi connectivity index (χ3v) is 2.96. The number of rotatable bonds is 3. The van der Waals surface area contributed by atoms with Crippen LogP contribution in [0.5, 0.6) is 0 Å². The molecule has 3 heteroatoms. The first-order valence-electron chi connectivity index (χ1n) is 5.27. The van der Waals surface area contributed by atoms with Crippen LogP contribution in [-0.4, -0.2) is 30.4 Å². The molecule has 0 unspecified atom stereocenters. The Morgan fingerprint density at radius 3 is 2.50 bits per heavy atom. The first kappa shape index (κ1) is 11.2. The maximum Gasteiger partial charge on any atom is 0.220 e. The molecule has 1 saturated heterocycles. The molecule has 3 nitrogen and oxygen atoms in total. The Labute approximate surface area is 86.0 Å². The Balaban J connectivity index is 2.32. The van der Waals surface area contributed by atoms with Gasteiger partial charge in [-0.25, -0.2) is 0 Å². The van der Waals surface area contributed by atoms with E-state index in [0.29, 0.717) is 0 Å². The molecule has 0 aromatic carbocycles. The lowest BCUT2D eigenvalue weighted by Gasteiger charge is -2.30. The third kappa shape index (κ3) is 3.14. The van der Waals surface area contributed by atoms with Crippen molar-refractivity contribution in [1.29, 1.82) is 0 Å². The Kier molecular flexibility index (Phi) is 4.14. The molecule has 0 aliphatic carbocycles. The second kappa shape index (κ2) is 5.15. The van der Waals surface area contributed by atoms with Crippen LogP contribution < -0.4 is 5.73 Å². The van der Waals surface area contributed by atoms with Gasteiger partial charge in [-0.2, -0.15) is 0 Å². The number of carbonyl (C=O) groups is 1. The van der Waals surface area contributed by atoms with E-state index in [1.807, 2.05) is 0 Å². The summed E-state index contributed by atoms with van der Waals surface area (Å²) >= 11 is 0. The molecule has 14 heavy (non-hydrogen) atoms. The maximum absolute atomic E-state index is 10.9. The maximum atomic E-state index is 10.9. The van der Waals surface area contributed by atoms with Gasteiger partial charge in [0.15, 0.2) is 0 Å².